The predicted octanol–water partition coefficient (Wildman–Crippen LogP) is 2.54. The lowest BCUT2D eigenvalue weighted by Crippen LogP contribution is -2.21. The Kier molecular flexibility index (Phi) is 6.40. The highest BCUT2D eigenvalue weighted by Gasteiger charge is 1.98. The first-order chi connectivity index (χ1) is 8.76. The normalized spacial score (nSPS) is 10.3. The summed E-state index contributed by atoms with van der Waals surface area (Å²) in [7, 11) is 1.52. The van der Waals surface area contributed by atoms with Crippen LogP contribution in [-0.2, 0) is 11.2 Å². The van der Waals surface area contributed by atoms with E-state index in [-0.39, 0.29) is 6.61 Å². The van der Waals surface area contributed by atoms with Crippen LogP contribution in [-0.4, -0.2) is 26.4 Å². The van der Waals surface area contributed by atoms with Crippen molar-refractivity contribution in [2.24, 2.45) is 0 Å². The van der Waals surface area contributed by atoms with Gasteiger partial charge in [0.1, 0.15) is 19.0 Å². The van der Waals surface area contributed by atoms with Gasteiger partial charge < -0.3 is 14.8 Å². The zero-order chi connectivity index (χ0) is 13.2. The molecule has 0 radical (unpaired) electrons. The molecule has 0 saturated heterocycles. The number of hydrogen-bond donors (Lipinski definition) is 1. The maximum absolute atomic E-state index is 10.8. The molecule has 0 fully saturated rings. The molecule has 4 heteroatoms. The van der Waals surface area contributed by atoms with Gasteiger partial charge in [-0.1, -0.05) is 24.3 Å². The Labute approximate surface area is 108 Å². The van der Waals surface area contributed by atoms with Gasteiger partial charge in [-0.3, -0.25) is 0 Å². The van der Waals surface area contributed by atoms with Gasteiger partial charge in [0.05, 0.1) is 0 Å². The van der Waals surface area contributed by atoms with Gasteiger partial charge in [-0.25, -0.2) is 4.79 Å². The molecular weight excluding hydrogens is 230 g/mol. The van der Waals surface area contributed by atoms with E-state index in [1.54, 1.807) is 0 Å². The number of allylic oxidation sites excluding steroid dienone is 2. The van der Waals surface area contributed by atoms with Crippen molar-refractivity contribution in [1.82, 2.24) is 5.32 Å². The Morgan fingerprint density at radius 3 is 2.61 bits per heavy atom. The fourth-order valence-corrected chi connectivity index (χ4v) is 1.34. The molecule has 1 aromatic rings. The van der Waals surface area contributed by atoms with Gasteiger partial charge in [0, 0.05) is 7.05 Å². The highest BCUT2D eigenvalue weighted by atomic mass is 16.6. The average molecular weight is 249 g/mol. The van der Waals surface area contributed by atoms with Crippen LogP contribution in [0.5, 0.6) is 5.75 Å². The Morgan fingerprint density at radius 2 is 2.00 bits per heavy atom. The smallest absolute Gasteiger partial charge is 0.406 e. The van der Waals surface area contributed by atoms with Crippen LogP contribution < -0.4 is 10.1 Å². The topological polar surface area (TPSA) is 47.6 Å². The van der Waals surface area contributed by atoms with Gasteiger partial charge in [-0.2, -0.15) is 0 Å². The quantitative estimate of drug-likeness (QED) is 0.622. The van der Waals surface area contributed by atoms with Gasteiger partial charge in [0.2, 0.25) is 0 Å². The summed E-state index contributed by atoms with van der Waals surface area (Å²) in [5, 5.41) is 2.37. The summed E-state index contributed by atoms with van der Waals surface area (Å²) in [5.41, 5.74) is 1.24. The third-order valence-corrected chi connectivity index (χ3v) is 2.30. The van der Waals surface area contributed by atoms with E-state index in [0.29, 0.717) is 6.61 Å². The predicted molar refractivity (Wildman–Crippen MR) is 70.9 cm³/mol. The van der Waals surface area contributed by atoms with Crippen LogP contribution in [0.1, 0.15) is 12.5 Å². The van der Waals surface area contributed by atoms with Crippen LogP contribution >= 0.6 is 0 Å². The maximum atomic E-state index is 10.8. The van der Waals surface area contributed by atoms with Gasteiger partial charge >= 0.3 is 6.09 Å². The molecule has 0 aliphatic heterocycles. The average Bonchev–Trinajstić information content (AvgIpc) is 2.42. The van der Waals surface area contributed by atoms with Crippen LogP contribution in [0.15, 0.2) is 36.4 Å². The molecule has 0 aliphatic carbocycles. The van der Waals surface area contributed by atoms with Crippen LogP contribution in [0.25, 0.3) is 0 Å². The monoisotopic (exact) mass is 249 g/mol. The molecule has 0 aliphatic rings. The molecule has 1 amide bonds. The Bertz CT molecular complexity index is 385. The summed E-state index contributed by atoms with van der Waals surface area (Å²) in [6.07, 6.45) is 4.62. The van der Waals surface area contributed by atoms with Crippen molar-refractivity contribution in [1.29, 1.82) is 0 Å². The molecule has 0 bridgehead atoms. The van der Waals surface area contributed by atoms with Crippen LogP contribution in [0, 0.1) is 0 Å². The van der Waals surface area contributed by atoms with Crippen molar-refractivity contribution in [3.8, 4) is 5.75 Å². The number of carbonyl (C=O) groups excluding carboxylic acids is 1. The van der Waals surface area contributed by atoms with Crippen molar-refractivity contribution < 1.29 is 14.3 Å². The SMILES string of the molecule is C/C=C\Cc1ccc(OCCOC(=O)NC)cc1. The molecule has 98 valence electrons. The number of benzene rings is 1. The third-order valence-electron chi connectivity index (χ3n) is 2.30. The van der Waals surface area contributed by atoms with Crippen molar-refractivity contribution in [2.45, 2.75) is 13.3 Å². The third kappa shape index (κ3) is 5.39. The number of hydrogen-bond acceptors (Lipinski definition) is 3. The maximum Gasteiger partial charge on any atom is 0.406 e. The van der Waals surface area contributed by atoms with Crippen molar-refractivity contribution in [3.63, 3.8) is 0 Å². The molecule has 0 saturated carbocycles. The second kappa shape index (κ2) is 8.17. The molecule has 0 aromatic heterocycles. The first-order valence-corrected chi connectivity index (χ1v) is 5.93. The summed E-state index contributed by atoms with van der Waals surface area (Å²) in [6.45, 7) is 2.59. The number of ether oxygens (including phenoxy) is 2. The number of amides is 1. The largest absolute Gasteiger partial charge is 0.490 e. The Hall–Kier alpha value is -1.97. The van der Waals surface area contributed by atoms with Crippen molar-refractivity contribution in [3.05, 3.63) is 42.0 Å². The molecule has 0 atom stereocenters. The van der Waals surface area contributed by atoms with E-state index in [2.05, 4.69) is 11.4 Å². The molecule has 1 rings (SSSR count). The van der Waals surface area contributed by atoms with Gasteiger partial charge in [-0.05, 0) is 31.0 Å². The number of rotatable bonds is 6. The summed E-state index contributed by atoms with van der Waals surface area (Å²) in [4.78, 5) is 10.8. The van der Waals surface area contributed by atoms with Crippen molar-refractivity contribution >= 4 is 6.09 Å². The lowest BCUT2D eigenvalue weighted by molar-refractivity contribution is 0.127. The van der Waals surface area contributed by atoms with E-state index in [1.807, 2.05) is 37.3 Å². The van der Waals surface area contributed by atoms with E-state index < -0.39 is 6.09 Å². The molecular formula is C14H19NO3. The summed E-state index contributed by atoms with van der Waals surface area (Å²) >= 11 is 0. The van der Waals surface area contributed by atoms with Gasteiger partial charge in [0.15, 0.2) is 0 Å². The fourth-order valence-electron chi connectivity index (χ4n) is 1.34. The van der Waals surface area contributed by atoms with Crippen LogP contribution in [0.4, 0.5) is 4.79 Å². The highest BCUT2D eigenvalue weighted by molar-refractivity contribution is 5.66. The van der Waals surface area contributed by atoms with Crippen LogP contribution in [0.3, 0.4) is 0 Å². The number of alkyl carbamates (subject to hydrolysis) is 1. The first kappa shape index (κ1) is 14.1. The Balaban J connectivity index is 2.28. The molecule has 1 N–H and O–H groups in total. The Morgan fingerprint density at radius 1 is 1.28 bits per heavy atom. The molecule has 1 aromatic carbocycles. The lowest BCUT2D eigenvalue weighted by Gasteiger charge is -2.07. The van der Waals surface area contributed by atoms with Crippen molar-refractivity contribution in [2.75, 3.05) is 20.3 Å². The fraction of sp³-hybridized carbons (Fsp3) is 0.357. The molecule has 0 unspecified atom stereocenters. The van der Waals surface area contributed by atoms with E-state index in [9.17, 15) is 4.79 Å². The molecule has 4 nitrogen and oxygen atoms in total. The molecule has 0 heterocycles. The summed E-state index contributed by atoms with van der Waals surface area (Å²) in [5.74, 6) is 0.778. The standard InChI is InChI=1S/C14H19NO3/c1-3-4-5-12-6-8-13(9-7-12)17-10-11-18-14(16)15-2/h3-4,6-9H,5,10-11H2,1-2H3,(H,15,16)/b4-3-. The second-order valence-electron chi connectivity index (χ2n) is 3.65. The second-order valence-corrected chi connectivity index (χ2v) is 3.65. The zero-order valence-corrected chi connectivity index (χ0v) is 10.8. The minimum Gasteiger partial charge on any atom is -0.490 e. The van der Waals surface area contributed by atoms with E-state index in [1.165, 1.54) is 12.6 Å². The minimum absolute atomic E-state index is 0.236. The molecule has 0 spiro atoms. The van der Waals surface area contributed by atoms with Gasteiger partial charge in [-0.15, -0.1) is 0 Å². The number of carbonyl (C=O) groups is 1. The first-order valence-electron chi connectivity index (χ1n) is 5.93. The minimum atomic E-state index is -0.444. The molecule has 18 heavy (non-hydrogen) atoms. The zero-order valence-electron chi connectivity index (χ0n) is 10.8. The van der Waals surface area contributed by atoms with Gasteiger partial charge in [0.25, 0.3) is 0 Å². The highest BCUT2D eigenvalue weighted by Crippen LogP contribution is 2.12. The number of nitrogens with one attached hydrogen (secondary N) is 1. The summed E-state index contributed by atoms with van der Waals surface area (Å²) < 4.78 is 10.2. The van der Waals surface area contributed by atoms with Crippen LogP contribution in [0.2, 0.25) is 0 Å². The van der Waals surface area contributed by atoms with E-state index >= 15 is 0 Å². The van der Waals surface area contributed by atoms with E-state index in [4.69, 9.17) is 9.47 Å². The van der Waals surface area contributed by atoms with E-state index in [0.717, 1.165) is 12.2 Å². The summed E-state index contributed by atoms with van der Waals surface area (Å²) in [6, 6.07) is 7.88. The lowest BCUT2D eigenvalue weighted by atomic mass is 10.1.